The maximum atomic E-state index is 13.6. The molecule has 5 rings (SSSR count). The van der Waals surface area contributed by atoms with Crippen molar-refractivity contribution >= 4 is 17.5 Å². The second kappa shape index (κ2) is 12.1. The van der Waals surface area contributed by atoms with Crippen LogP contribution in [-0.2, 0) is 22.6 Å². The summed E-state index contributed by atoms with van der Waals surface area (Å²) in [6, 6.07) is 11.8. The predicted octanol–water partition coefficient (Wildman–Crippen LogP) is 4.24. The van der Waals surface area contributed by atoms with E-state index in [1.54, 1.807) is 12.0 Å². The lowest BCUT2D eigenvalue weighted by atomic mass is 9.99. The lowest BCUT2D eigenvalue weighted by molar-refractivity contribution is -0.136. The third-order valence-electron chi connectivity index (χ3n) is 7.89. The first-order valence-corrected chi connectivity index (χ1v) is 13.9. The van der Waals surface area contributed by atoms with Crippen molar-refractivity contribution in [1.29, 1.82) is 0 Å². The standard InChI is InChI=1S/C30H39N3O5/c1-31-13-8-9-15-32(14-7-3-4-10-22-16-27-28(38-21-37-27)17-23(22)19-31)30(35)24-18-29(34)33(20-24)25-11-5-6-12-26(25)36-2/h5-6,11-12,16-17,24H,3-4,7-10,13-15,18-21H2,1-2H3. The summed E-state index contributed by atoms with van der Waals surface area (Å²) in [5.74, 6) is 2.12. The number of carbonyl (C=O) groups is 2. The number of hydrogen-bond acceptors (Lipinski definition) is 6. The number of rotatable bonds is 3. The number of carbonyl (C=O) groups excluding carboxylic acids is 2. The molecule has 1 fully saturated rings. The second-order valence-corrected chi connectivity index (χ2v) is 10.6. The Morgan fingerprint density at radius 2 is 1.66 bits per heavy atom. The van der Waals surface area contributed by atoms with E-state index in [0.29, 0.717) is 19.1 Å². The summed E-state index contributed by atoms with van der Waals surface area (Å²) in [6.45, 7) is 4.01. The number of amides is 2. The van der Waals surface area contributed by atoms with Gasteiger partial charge in [0.1, 0.15) is 5.75 Å². The Balaban J connectivity index is 1.23. The number of fused-ring (bicyclic) bond motifs is 2. The molecule has 3 aliphatic rings. The van der Waals surface area contributed by atoms with Crippen LogP contribution in [0.2, 0.25) is 0 Å². The number of hydrogen-bond donors (Lipinski definition) is 0. The van der Waals surface area contributed by atoms with Crippen LogP contribution in [0.1, 0.15) is 49.7 Å². The SMILES string of the molecule is COc1ccccc1N1CC(C(=O)N2CCCCCc3cc4c(cc3CN(C)CCCC2)OCO4)CC1=O. The third-order valence-corrected chi connectivity index (χ3v) is 7.89. The molecule has 8 nitrogen and oxygen atoms in total. The van der Waals surface area contributed by atoms with Gasteiger partial charge in [0, 0.05) is 32.6 Å². The average Bonchev–Trinajstić information content (AvgIpc) is 3.54. The number of nitrogens with zero attached hydrogens (tertiary/aromatic N) is 3. The zero-order valence-corrected chi connectivity index (χ0v) is 22.6. The molecular weight excluding hydrogens is 482 g/mol. The summed E-state index contributed by atoms with van der Waals surface area (Å²) in [6.07, 6.45) is 6.26. The summed E-state index contributed by atoms with van der Waals surface area (Å²) < 4.78 is 16.7. The molecule has 0 radical (unpaired) electrons. The fraction of sp³-hybridized carbons (Fsp3) is 0.533. The molecule has 2 amide bonds. The lowest BCUT2D eigenvalue weighted by Crippen LogP contribution is -2.39. The summed E-state index contributed by atoms with van der Waals surface area (Å²) in [5.41, 5.74) is 3.38. The topological polar surface area (TPSA) is 71.6 Å². The quantitative estimate of drug-likeness (QED) is 0.602. The molecule has 38 heavy (non-hydrogen) atoms. The molecule has 0 N–H and O–H groups in total. The number of para-hydroxylation sites is 2. The van der Waals surface area contributed by atoms with Gasteiger partial charge in [-0.2, -0.15) is 0 Å². The van der Waals surface area contributed by atoms with Crippen LogP contribution in [-0.4, -0.2) is 68.7 Å². The molecule has 0 aliphatic carbocycles. The van der Waals surface area contributed by atoms with E-state index in [4.69, 9.17) is 14.2 Å². The Labute approximate surface area is 225 Å². The number of ether oxygens (including phenoxy) is 3. The molecule has 0 saturated carbocycles. The molecule has 3 aliphatic heterocycles. The maximum absolute atomic E-state index is 13.6. The van der Waals surface area contributed by atoms with Crippen LogP contribution in [0.4, 0.5) is 5.69 Å². The van der Waals surface area contributed by atoms with Crippen LogP contribution in [0, 0.1) is 5.92 Å². The highest BCUT2D eigenvalue weighted by Crippen LogP contribution is 2.36. The Morgan fingerprint density at radius 1 is 0.947 bits per heavy atom. The van der Waals surface area contributed by atoms with E-state index in [1.165, 1.54) is 11.1 Å². The average molecular weight is 522 g/mol. The first-order valence-electron chi connectivity index (χ1n) is 13.9. The van der Waals surface area contributed by atoms with Crippen molar-refractivity contribution in [1.82, 2.24) is 9.80 Å². The fourth-order valence-corrected chi connectivity index (χ4v) is 5.80. The molecule has 1 saturated heterocycles. The van der Waals surface area contributed by atoms with Crippen LogP contribution in [0.3, 0.4) is 0 Å². The Morgan fingerprint density at radius 3 is 2.45 bits per heavy atom. The van der Waals surface area contributed by atoms with Gasteiger partial charge < -0.3 is 28.9 Å². The van der Waals surface area contributed by atoms with Gasteiger partial charge in [-0.3, -0.25) is 9.59 Å². The fourth-order valence-electron chi connectivity index (χ4n) is 5.80. The van der Waals surface area contributed by atoms with Crippen LogP contribution in [0.25, 0.3) is 0 Å². The lowest BCUT2D eigenvalue weighted by Gasteiger charge is -2.27. The minimum Gasteiger partial charge on any atom is -0.495 e. The summed E-state index contributed by atoms with van der Waals surface area (Å²) in [7, 11) is 3.76. The van der Waals surface area contributed by atoms with E-state index < -0.39 is 0 Å². The molecule has 0 bridgehead atoms. The monoisotopic (exact) mass is 521 g/mol. The Kier molecular flexibility index (Phi) is 8.37. The minimum atomic E-state index is -0.315. The minimum absolute atomic E-state index is 0.0175. The highest BCUT2D eigenvalue weighted by Gasteiger charge is 2.38. The molecule has 2 aromatic rings. The zero-order valence-electron chi connectivity index (χ0n) is 22.6. The van der Waals surface area contributed by atoms with Gasteiger partial charge in [0.25, 0.3) is 0 Å². The number of aryl methyl sites for hydroxylation is 1. The van der Waals surface area contributed by atoms with Crippen molar-refractivity contribution in [3.8, 4) is 17.2 Å². The van der Waals surface area contributed by atoms with Crippen molar-refractivity contribution in [2.75, 3.05) is 52.0 Å². The molecule has 2 aromatic carbocycles. The highest BCUT2D eigenvalue weighted by atomic mass is 16.7. The molecule has 0 spiro atoms. The number of benzene rings is 2. The van der Waals surface area contributed by atoms with Crippen molar-refractivity contribution in [2.45, 2.75) is 51.5 Å². The maximum Gasteiger partial charge on any atom is 0.231 e. The van der Waals surface area contributed by atoms with Crippen LogP contribution in [0.15, 0.2) is 36.4 Å². The first-order chi connectivity index (χ1) is 18.5. The molecule has 8 heteroatoms. The third kappa shape index (κ3) is 5.90. The van der Waals surface area contributed by atoms with Crippen molar-refractivity contribution in [3.05, 3.63) is 47.5 Å². The van der Waals surface area contributed by atoms with Gasteiger partial charge in [0.05, 0.1) is 18.7 Å². The van der Waals surface area contributed by atoms with E-state index in [-0.39, 0.29) is 24.2 Å². The molecule has 0 aromatic heterocycles. The predicted molar refractivity (Wildman–Crippen MR) is 146 cm³/mol. The van der Waals surface area contributed by atoms with Gasteiger partial charge in [-0.05, 0) is 81.1 Å². The van der Waals surface area contributed by atoms with E-state index in [2.05, 4.69) is 24.1 Å². The summed E-state index contributed by atoms with van der Waals surface area (Å²) in [5, 5.41) is 0. The van der Waals surface area contributed by atoms with E-state index >= 15 is 0 Å². The number of anilines is 1. The van der Waals surface area contributed by atoms with Gasteiger partial charge in [-0.1, -0.05) is 18.6 Å². The van der Waals surface area contributed by atoms with Gasteiger partial charge in [0.2, 0.25) is 18.6 Å². The normalized spacial score (nSPS) is 21.2. The van der Waals surface area contributed by atoms with Gasteiger partial charge in [0.15, 0.2) is 11.5 Å². The molecule has 1 unspecified atom stereocenters. The van der Waals surface area contributed by atoms with E-state index in [1.807, 2.05) is 29.2 Å². The van der Waals surface area contributed by atoms with Crippen LogP contribution < -0.4 is 19.1 Å². The van der Waals surface area contributed by atoms with Gasteiger partial charge >= 0.3 is 0 Å². The second-order valence-electron chi connectivity index (χ2n) is 10.6. The molecule has 1 atom stereocenters. The largest absolute Gasteiger partial charge is 0.495 e. The van der Waals surface area contributed by atoms with E-state index in [9.17, 15) is 9.59 Å². The van der Waals surface area contributed by atoms with Crippen LogP contribution >= 0.6 is 0 Å². The number of methoxy groups -OCH3 is 1. The molecule has 204 valence electrons. The van der Waals surface area contributed by atoms with Crippen molar-refractivity contribution in [3.63, 3.8) is 0 Å². The Hall–Kier alpha value is -3.26. The summed E-state index contributed by atoms with van der Waals surface area (Å²) >= 11 is 0. The Bertz CT molecular complexity index is 1150. The van der Waals surface area contributed by atoms with Crippen molar-refractivity contribution < 1.29 is 23.8 Å². The molecule has 3 heterocycles. The smallest absolute Gasteiger partial charge is 0.231 e. The van der Waals surface area contributed by atoms with E-state index in [0.717, 1.165) is 81.9 Å². The van der Waals surface area contributed by atoms with Gasteiger partial charge in [-0.15, -0.1) is 0 Å². The van der Waals surface area contributed by atoms with Crippen molar-refractivity contribution in [2.24, 2.45) is 5.92 Å². The van der Waals surface area contributed by atoms with Gasteiger partial charge in [-0.25, -0.2) is 0 Å². The zero-order chi connectivity index (χ0) is 26.5. The highest BCUT2D eigenvalue weighted by molar-refractivity contribution is 6.01. The molecular formula is C30H39N3O5. The summed E-state index contributed by atoms with van der Waals surface area (Å²) in [4.78, 5) is 32.6. The first kappa shape index (κ1) is 26.4. The van der Waals surface area contributed by atoms with Crippen LogP contribution in [0.5, 0.6) is 17.2 Å².